The smallest absolute Gasteiger partial charge is 0.290 e. The van der Waals surface area contributed by atoms with Crippen molar-refractivity contribution in [3.05, 3.63) is 52.6 Å². The molecule has 0 unspecified atom stereocenters. The second kappa shape index (κ2) is 3.87. The summed E-state index contributed by atoms with van der Waals surface area (Å²) in [6.07, 6.45) is 4.78. The molecule has 0 atom stereocenters. The Hall–Kier alpha value is -2.30. The number of hydrogen-bond donors (Lipinski definition) is 3. The average Bonchev–Trinajstić information content (AvgIpc) is 3.14. The molecule has 1 fully saturated rings. The molecule has 0 bridgehead atoms. The highest BCUT2D eigenvalue weighted by atomic mass is 16.3. The molecule has 1 aliphatic rings. The fraction of sp³-hybridized carbons (Fsp3) is 0.231. The Labute approximate surface area is 104 Å². The van der Waals surface area contributed by atoms with E-state index in [0.717, 1.165) is 18.4 Å². The van der Waals surface area contributed by atoms with Gasteiger partial charge in [0.2, 0.25) is 0 Å². The highest BCUT2D eigenvalue weighted by molar-refractivity contribution is 5.49. The minimum Gasteiger partial charge on any atom is -0.508 e. The van der Waals surface area contributed by atoms with Crippen LogP contribution < -0.4 is 10.9 Å². The van der Waals surface area contributed by atoms with Crippen molar-refractivity contribution in [2.45, 2.75) is 18.4 Å². The van der Waals surface area contributed by atoms with E-state index in [4.69, 9.17) is 0 Å². The number of benzene rings is 1. The van der Waals surface area contributed by atoms with E-state index < -0.39 is 0 Å². The van der Waals surface area contributed by atoms with Gasteiger partial charge in [0.1, 0.15) is 5.75 Å². The van der Waals surface area contributed by atoms with Gasteiger partial charge in [0.25, 0.3) is 5.56 Å². The molecule has 1 heterocycles. The third-order valence-electron chi connectivity index (χ3n) is 3.23. The number of anilines is 1. The SMILES string of the molecule is O=c1[nH]ccnc1NC1(c2ccccc2O)CC1. The molecule has 92 valence electrons. The van der Waals surface area contributed by atoms with Crippen molar-refractivity contribution in [1.82, 2.24) is 9.97 Å². The van der Waals surface area contributed by atoms with Crippen LogP contribution in [0, 0.1) is 0 Å². The molecule has 3 rings (SSSR count). The third kappa shape index (κ3) is 1.73. The molecule has 3 N–H and O–H groups in total. The molecule has 18 heavy (non-hydrogen) atoms. The topological polar surface area (TPSA) is 78.0 Å². The van der Waals surface area contributed by atoms with Gasteiger partial charge in [0.15, 0.2) is 5.82 Å². The Morgan fingerprint density at radius 1 is 1.33 bits per heavy atom. The molecule has 0 amide bonds. The summed E-state index contributed by atoms with van der Waals surface area (Å²) in [6, 6.07) is 7.17. The predicted molar refractivity (Wildman–Crippen MR) is 67.5 cm³/mol. The molecule has 5 nitrogen and oxygen atoms in total. The quantitative estimate of drug-likeness (QED) is 0.764. The van der Waals surface area contributed by atoms with Crippen LogP contribution in [0.25, 0.3) is 0 Å². The van der Waals surface area contributed by atoms with Crippen molar-refractivity contribution in [1.29, 1.82) is 0 Å². The maximum Gasteiger partial charge on any atom is 0.290 e. The first-order chi connectivity index (χ1) is 8.71. The van der Waals surface area contributed by atoms with Crippen molar-refractivity contribution in [2.75, 3.05) is 5.32 Å². The van der Waals surface area contributed by atoms with Gasteiger partial charge in [-0.25, -0.2) is 4.98 Å². The Morgan fingerprint density at radius 2 is 2.11 bits per heavy atom. The summed E-state index contributed by atoms with van der Waals surface area (Å²) in [7, 11) is 0. The summed E-state index contributed by atoms with van der Waals surface area (Å²) < 4.78 is 0. The third-order valence-corrected chi connectivity index (χ3v) is 3.23. The number of phenols is 1. The van der Waals surface area contributed by atoms with Gasteiger partial charge < -0.3 is 15.4 Å². The lowest BCUT2D eigenvalue weighted by molar-refractivity contribution is 0.462. The monoisotopic (exact) mass is 243 g/mol. The minimum absolute atomic E-state index is 0.245. The number of nitrogens with one attached hydrogen (secondary N) is 2. The second-order valence-corrected chi connectivity index (χ2v) is 4.49. The fourth-order valence-corrected chi connectivity index (χ4v) is 2.13. The lowest BCUT2D eigenvalue weighted by atomic mass is 10.0. The van der Waals surface area contributed by atoms with E-state index in [1.54, 1.807) is 12.1 Å². The number of H-pyrrole nitrogens is 1. The first-order valence-electron chi connectivity index (χ1n) is 5.82. The number of rotatable bonds is 3. The Morgan fingerprint density at radius 3 is 2.78 bits per heavy atom. The second-order valence-electron chi connectivity index (χ2n) is 4.49. The van der Waals surface area contributed by atoms with Crippen LogP contribution in [0.1, 0.15) is 18.4 Å². The van der Waals surface area contributed by atoms with Crippen LogP contribution in [-0.4, -0.2) is 15.1 Å². The van der Waals surface area contributed by atoms with Crippen molar-refractivity contribution >= 4 is 5.82 Å². The highest BCUT2D eigenvalue weighted by Crippen LogP contribution is 2.50. The maximum absolute atomic E-state index is 11.6. The first-order valence-corrected chi connectivity index (χ1v) is 5.82. The van der Waals surface area contributed by atoms with E-state index >= 15 is 0 Å². The number of aromatic nitrogens is 2. The van der Waals surface area contributed by atoms with Crippen molar-refractivity contribution in [2.24, 2.45) is 0 Å². The first kappa shape index (κ1) is 10.8. The van der Waals surface area contributed by atoms with E-state index in [1.807, 2.05) is 12.1 Å². The number of nitrogens with zero attached hydrogens (tertiary/aromatic N) is 1. The molecule has 1 aliphatic carbocycles. The Kier molecular flexibility index (Phi) is 2.33. The van der Waals surface area contributed by atoms with Crippen molar-refractivity contribution in [3.63, 3.8) is 0 Å². The zero-order chi connectivity index (χ0) is 12.6. The molecule has 1 saturated carbocycles. The van der Waals surface area contributed by atoms with Gasteiger partial charge in [0, 0.05) is 18.0 Å². The summed E-state index contributed by atoms with van der Waals surface area (Å²) in [5.74, 6) is 0.535. The predicted octanol–water partition coefficient (Wildman–Crippen LogP) is 1.58. The number of hydrogen-bond acceptors (Lipinski definition) is 4. The summed E-state index contributed by atoms with van der Waals surface area (Å²) in [6.45, 7) is 0. The molecule has 2 aromatic rings. The van der Waals surface area contributed by atoms with Gasteiger partial charge in [-0.2, -0.15) is 0 Å². The van der Waals surface area contributed by atoms with Crippen molar-refractivity contribution in [3.8, 4) is 5.75 Å². The van der Waals surface area contributed by atoms with Gasteiger partial charge in [-0.1, -0.05) is 18.2 Å². The standard InChI is InChI=1S/C13H13N3O2/c17-10-4-2-1-3-9(10)13(5-6-13)16-11-12(18)15-8-7-14-11/h1-4,7-8,17H,5-6H2,(H,14,16)(H,15,18). The van der Waals surface area contributed by atoms with Crippen LogP contribution in [-0.2, 0) is 5.54 Å². The highest BCUT2D eigenvalue weighted by Gasteiger charge is 2.46. The number of aromatic hydroxyl groups is 1. The zero-order valence-electron chi connectivity index (χ0n) is 9.68. The van der Waals surface area contributed by atoms with Gasteiger partial charge in [-0.05, 0) is 18.9 Å². The molecule has 1 aromatic heterocycles. The molecule has 0 radical (unpaired) electrons. The van der Waals surface area contributed by atoms with E-state index in [-0.39, 0.29) is 16.8 Å². The lowest BCUT2D eigenvalue weighted by Crippen LogP contribution is -2.25. The summed E-state index contributed by atoms with van der Waals surface area (Å²) >= 11 is 0. The molecule has 0 spiro atoms. The van der Waals surface area contributed by atoms with Crippen LogP contribution in [0.4, 0.5) is 5.82 Å². The summed E-state index contributed by atoms with van der Waals surface area (Å²) in [4.78, 5) is 18.2. The number of aromatic amines is 1. The fourth-order valence-electron chi connectivity index (χ4n) is 2.13. The van der Waals surface area contributed by atoms with E-state index in [9.17, 15) is 9.90 Å². The van der Waals surface area contributed by atoms with E-state index in [0.29, 0.717) is 5.82 Å². The van der Waals surface area contributed by atoms with Gasteiger partial charge in [0.05, 0.1) is 5.54 Å². The number of phenolic OH excluding ortho intramolecular Hbond substituents is 1. The molecule has 5 heteroatoms. The number of para-hydroxylation sites is 1. The molecule has 0 aliphatic heterocycles. The maximum atomic E-state index is 11.6. The largest absolute Gasteiger partial charge is 0.508 e. The Bertz CT molecular complexity index is 632. The normalized spacial score (nSPS) is 16.2. The Balaban J connectivity index is 1.96. The van der Waals surface area contributed by atoms with Gasteiger partial charge in [-0.3, -0.25) is 4.79 Å². The van der Waals surface area contributed by atoms with Crippen molar-refractivity contribution < 1.29 is 5.11 Å². The molecular weight excluding hydrogens is 230 g/mol. The van der Waals surface area contributed by atoms with Crippen LogP contribution in [0.15, 0.2) is 41.5 Å². The zero-order valence-corrected chi connectivity index (χ0v) is 9.68. The van der Waals surface area contributed by atoms with Crippen LogP contribution in [0.3, 0.4) is 0 Å². The molecule has 1 aromatic carbocycles. The summed E-state index contributed by atoms with van der Waals surface area (Å²) in [5, 5.41) is 13.0. The van der Waals surface area contributed by atoms with E-state index in [1.165, 1.54) is 12.4 Å². The summed E-state index contributed by atoms with van der Waals surface area (Å²) in [5.41, 5.74) is 0.210. The average molecular weight is 243 g/mol. The van der Waals surface area contributed by atoms with Crippen LogP contribution in [0.5, 0.6) is 5.75 Å². The molecule has 0 saturated heterocycles. The van der Waals surface area contributed by atoms with Gasteiger partial charge >= 0.3 is 0 Å². The minimum atomic E-state index is -0.354. The molecular formula is C13H13N3O2. The lowest BCUT2D eigenvalue weighted by Gasteiger charge is -2.18. The van der Waals surface area contributed by atoms with Crippen LogP contribution in [0.2, 0.25) is 0 Å². The van der Waals surface area contributed by atoms with Gasteiger partial charge in [-0.15, -0.1) is 0 Å². The van der Waals surface area contributed by atoms with E-state index in [2.05, 4.69) is 15.3 Å². The van der Waals surface area contributed by atoms with Crippen LogP contribution >= 0.6 is 0 Å².